The van der Waals surface area contributed by atoms with Crippen molar-refractivity contribution in [2.24, 2.45) is 0 Å². The van der Waals surface area contributed by atoms with E-state index in [-0.39, 0.29) is 5.54 Å². The van der Waals surface area contributed by atoms with Crippen LogP contribution in [-0.4, -0.2) is 18.6 Å². The van der Waals surface area contributed by atoms with E-state index in [9.17, 15) is 4.79 Å². The van der Waals surface area contributed by atoms with Gasteiger partial charge in [0.25, 0.3) is 0 Å². The zero-order chi connectivity index (χ0) is 14.0. The highest BCUT2D eigenvalue weighted by Crippen LogP contribution is 2.41. The zero-order valence-corrected chi connectivity index (χ0v) is 12.0. The van der Waals surface area contributed by atoms with Crippen LogP contribution in [-0.2, 0) is 4.74 Å². The molecule has 4 nitrogen and oxygen atoms in total. The predicted molar refractivity (Wildman–Crippen MR) is 77.7 cm³/mol. The van der Waals surface area contributed by atoms with Crippen molar-refractivity contribution in [2.75, 3.05) is 18.2 Å². The Morgan fingerprint density at radius 1 is 1.53 bits per heavy atom. The van der Waals surface area contributed by atoms with Crippen molar-refractivity contribution in [3.8, 4) is 0 Å². The number of nitrogens with two attached hydrogens (primary N) is 1. The molecular weight excluding hydrogens is 264 g/mol. The van der Waals surface area contributed by atoms with Crippen LogP contribution in [0.3, 0.4) is 0 Å². The molecule has 1 aromatic carbocycles. The second-order valence-electron chi connectivity index (χ2n) is 5.03. The van der Waals surface area contributed by atoms with Crippen LogP contribution in [0.5, 0.6) is 0 Å². The summed E-state index contributed by atoms with van der Waals surface area (Å²) in [5.41, 5.74) is 7.27. The van der Waals surface area contributed by atoms with Crippen molar-refractivity contribution >= 4 is 28.9 Å². The summed E-state index contributed by atoms with van der Waals surface area (Å²) in [6.45, 7) is 2.13. The number of esters is 1. The molecule has 3 N–H and O–H groups in total. The summed E-state index contributed by atoms with van der Waals surface area (Å²) in [7, 11) is 1.35. The largest absolute Gasteiger partial charge is 0.465 e. The average Bonchev–Trinajstić information content (AvgIpc) is 2.34. The molecule has 0 heterocycles. The van der Waals surface area contributed by atoms with Gasteiger partial charge in [0.05, 0.1) is 23.4 Å². The summed E-state index contributed by atoms with van der Waals surface area (Å²) in [6.07, 6.45) is 4.37. The molecule has 1 fully saturated rings. The number of halogens is 1. The summed E-state index contributed by atoms with van der Waals surface area (Å²) >= 11 is 6.23. The van der Waals surface area contributed by atoms with E-state index < -0.39 is 5.97 Å². The number of rotatable bonds is 4. The molecule has 0 unspecified atom stereocenters. The molecule has 1 aromatic rings. The van der Waals surface area contributed by atoms with E-state index in [0.717, 1.165) is 19.3 Å². The standard InChI is InChI=1S/C14H19ClN2O2/c1-3-14(5-4-6-14)17-12-10(13(18)19-2)7-9(16)8-11(12)15/h7-8,17H,3-6,16H2,1-2H3. The van der Waals surface area contributed by atoms with Crippen LogP contribution in [0.1, 0.15) is 43.0 Å². The number of methoxy groups -OCH3 is 1. The van der Waals surface area contributed by atoms with E-state index in [0.29, 0.717) is 22.0 Å². The lowest BCUT2D eigenvalue weighted by Crippen LogP contribution is -2.44. The second-order valence-corrected chi connectivity index (χ2v) is 5.44. The summed E-state index contributed by atoms with van der Waals surface area (Å²) in [4.78, 5) is 11.8. The van der Waals surface area contributed by atoms with Gasteiger partial charge in [-0.1, -0.05) is 18.5 Å². The SMILES string of the molecule is CCC1(Nc2c(Cl)cc(N)cc2C(=O)OC)CCC1. The fourth-order valence-electron chi connectivity index (χ4n) is 2.46. The number of ether oxygens (including phenoxy) is 1. The topological polar surface area (TPSA) is 64.3 Å². The van der Waals surface area contributed by atoms with Gasteiger partial charge in [-0.25, -0.2) is 4.79 Å². The molecule has 0 spiro atoms. The minimum Gasteiger partial charge on any atom is -0.465 e. The van der Waals surface area contributed by atoms with Crippen molar-refractivity contribution in [2.45, 2.75) is 38.1 Å². The predicted octanol–water partition coefficient (Wildman–Crippen LogP) is 3.45. The van der Waals surface area contributed by atoms with Gasteiger partial charge in [0, 0.05) is 11.2 Å². The van der Waals surface area contributed by atoms with Crippen molar-refractivity contribution in [3.05, 3.63) is 22.7 Å². The van der Waals surface area contributed by atoms with Gasteiger partial charge in [-0.2, -0.15) is 0 Å². The Morgan fingerprint density at radius 2 is 2.21 bits per heavy atom. The van der Waals surface area contributed by atoms with E-state index in [1.165, 1.54) is 13.5 Å². The van der Waals surface area contributed by atoms with Crippen molar-refractivity contribution in [1.29, 1.82) is 0 Å². The molecule has 2 rings (SSSR count). The third-order valence-electron chi connectivity index (χ3n) is 3.90. The first kappa shape index (κ1) is 14.0. The minimum absolute atomic E-state index is 0.0442. The second kappa shape index (κ2) is 5.29. The molecule has 0 aliphatic heterocycles. The quantitative estimate of drug-likeness (QED) is 0.656. The molecule has 104 valence electrons. The summed E-state index contributed by atoms with van der Waals surface area (Å²) in [5, 5.41) is 3.89. The van der Waals surface area contributed by atoms with Crippen LogP contribution in [0.4, 0.5) is 11.4 Å². The number of nitrogen functional groups attached to an aromatic ring is 1. The maximum Gasteiger partial charge on any atom is 0.340 e. The Labute approximate surface area is 118 Å². The van der Waals surface area contributed by atoms with Gasteiger partial charge in [-0.3, -0.25) is 0 Å². The highest BCUT2D eigenvalue weighted by molar-refractivity contribution is 6.34. The Balaban J connectivity index is 2.40. The lowest BCUT2D eigenvalue weighted by Gasteiger charge is -2.43. The molecule has 0 bridgehead atoms. The maximum atomic E-state index is 11.8. The van der Waals surface area contributed by atoms with Crippen LogP contribution in [0, 0.1) is 0 Å². The number of hydrogen-bond acceptors (Lipinski definition) is 4. The van der Waals surface area contributed by atoms with E-state index >= 15 is 0 Å². The first-order valence-corrected chi connectivity index (χ1v) is 6.84. The highest BCUT2D eigenvalue weighted by Gasteiger charge is 2.36. The summed E-state index contributed by atoms with van der Waals surface area (Å²) in [6, 6.07) is 3.25. The zero-order valence-electron chi connectivity index (χ0n) is 11.3. The summed E-state index contributed by atoms with van der Waals surface area (Å²) < 4.78 is 4.79. The number of carbonyl (C=O) groups excluding carboxylic acids is 1. The molecule has 0 aromatic heterocycles. The van der Waals surface area contributed by atoms with E-state index in [1.807, 2.05) is 0 Å². The average molecular weight is 283 g/mol. The highest BCUT2D eigenvalue weighted by atomic mass is 35.5. The van der Waals surface area contributed by atoms with Gasteiger partial charge in [-0.15, -0.1) is 0 Å². The third-order valence-corrected chi connectivity index (χ3v) is 4.19. The lowest BCUT2D eigenvalue weighted by atomic mass is 9.74. The van der Waals surface area contributed by atoms with Crippen LogP contribution >= 0.6 is 11.6 Å². The first-order chi connectivity index (χ1) is 9.01. The van der Waals surface area contributed by atoms with Gasteiger partial charge in [0.2, 0.25) is 0 Å². The van der Waals surface area contributed by atoms with Crippen LogP contribution in [0.2, 0.25) is 5.02 Å². The smallest absolute Gasteiger partial charge is 0.340 e. The van der Waals surface area contributed by atoms with Gasteiger partial charge in [0.1, 0.15) is 0 Å². The van der Waals surface area contributed by atoms with Gasteiger partial charge in [0.15, 0.2) is 0 Å². The lowest BCUT2D eigenvalue weighted by molar-refractivity contribution is 0.0601. The molecule has 5 heteroatoms. The monoisotopic (exact) mass is 282 g/mol. The fraction of sp³-hybridized carbons (Fsp3) is 0.500. The summed E-state index contributed by atoms with van der Waals surface area (Å²) in [5.74, 6) is -0.428. The molecule has 19 heavy (non-hydrogen) atoms. The minimum atomic E-state index is -0.428. The normalized spacial score (nSPS) is 16.6. The Kier molecular flexibility index (Phi) is 3.90. The van der Waals surface area contributed by atoms with Crippen LogP contribution in [0.15, 0.2) is 12.1 Å². The Bertz CT molecular complexity index is 493. The maximum absolute atomic E-state index is 11.8. The van der Waals surface area contributed by atoms with Gasteiger partial charge < -0.3 is 15.8 Å². The van der Waals surface area contributed by atoms with Crippen LogP contribution in [0.25, 0.3) is 0 Å². The van der Waals surface area contributed by atoms with Crippen molar-refractivity contribution in [3.63, 3.8) is 0 Å². The third kappa shape index (κ3) is 2.63. The van der Waals surface area contributed by atoms with E-state index in [1.54, 1.807) is 12.1 Å². The van der Waals surface area contributed by atoms with Gasteiger partial charge >= 0.3 is 5.97 Å². The number of carbonyl (C=O) groups is 1. The molecule has 0 amide bonds. The fourth-order valence-corrected chi connectivity index (χ4v) is 2.74. The van der Waals surface area contributed by atoms with Crippen molar-refractivity contribution in [1.82, 2.24) is 0 Å². The van der Waals surface area contributed by atoms with Crippen molar-refractivity contribution < 1.29 is 9.53 Å². The van der Waals surface area contributed by atoms with E-state index in [4.69, 9.17) is 22.1 Å². The molecule has 1 aliphatic carbocycles. The molecular formula is C14H19ClN2O2. The number of benzene rings is 1. The van der Waals surface area contributed by atoms with E-state index in [2.05, 4.69) is 12.2 Å². The Hall–Kier alpha value is -1.42. The number of nitrogens with one attached hydrogen (secondary N) is 1. The van der Waals surface area contributed by atoms with Gasteiger partial charge in [-0.05, 0) is 37.8 Å². The Morgan fingerprint density at radius 3 is 2.68 bits per heavy atom. The molecule has 1 aliphatic rings. The van der Waals surface area contributed by atoms with Crippen LogP contribution < -0.4 is 11.1 Å². The molecule has 0 atom stereocenters. The number of anilines is 2. The molecule has 0 radical (unpaired) electrons. The number of hydrogen-bond donors (Lipinski definition) is 2. The molecule has 1 saturated carbocycles. The molecule has 0 saturated heterocycles. The first-order valence-electron chi connectivity index (χ1n) is 6.47.